The SMILES string of the molecule is [C-]#[N+]C[C@@H](O)[C@@H]1NC(=O)C([C@H](O)Cc2ccc(O)c(OSOO[O-])c2)NC(=O)C2CC(O)CN2C(=O)C(C(C)O)NC(=O)[C@@H](NC(=O)c2ccc(-c3nnc(-c4ccc(N5CCC(OCc6ccccc6)CC5)cc4)s3)cc2)C[C@H](O)CNC(=O)C2[C@@H](O)C(C)CN2C1=O.[Na+]. The van der Waals surface area contributed by atoms with E-state index in [9.17, 15) is 74.6 Å². The van der Waals surface area contributed by atoms with Crippen LogP contribution in [0.1, 0.15) is 61.0 Å². The van der Waals surface area contributed by atoms with E-state index in [1.165, 1.54) is 36.5 Å². The van der Waals surface area contributed by atoms with E-state index in [1.807, 2.05) is 42.5 Å². The Morgan fingerprint density at radius 3 is 2.07 bits per heavy atom. The van der Waals surface area contributed by atoms with Gasteiger partial charge in [0, 0.05) is 80.3 Å². The summed E-state index contributed by atoms with van der Waals surface area (Å²) >= 11 is 1.32. The second kappa shape index (κ2) is 34.0. The number of piperidine rings is 1. The van der Waals surface area contributed by atoms with E-state index in [0.29, 0.717) is 22.2 Å². The van der Waals surface area contributed by atoms with Crippen molar-refractivity contribution in [3.05, 3.63) is 125 Å². The molecule has 0 radical (unpaired) electrons. The van der Waals surface area contributed by atoms with Crippen molar-refractivity contribution in [1.82, 2.24) is 46.6 Å². The minimum atomic E-state index is -2.16. The van der Waals surface area contributed by atoms with Gasteiger partial charge in [0.2, 0.25) is 42.0 Å². The van der Waals surface area contributed by atoms with Crippen LogP contribution in [0.2, 0.25) is 0 Å². The number of hydrogen-bond donors (Lipinski definition) is 12. The first-order chi connectivity index (χ1) is 45.1. The average Bonchev–Trinajstić information content (AvgIpc) is 1.71. The van der Waals surface area contributed by atoms with Crippen LogP contribution in [-0.4, -0.2) is 215 Å². The molecule has 4 aliphatic rings. The fourth-order valence-electron chi connectivity index (χ4n) is 11.6. The number of phenolic OH excluding ortho intramolecular Hbond substituents is 1. The van der Waals surface area contributed by atoms with Crippen molar-refractivity contribution in [3.63, 3.8) is 0 Å². The van der Waals surface area contributed by atoms with Gasteiger partial charge in [0.05, 0.1) is 43.2 Å². The first-order valence-corrected chi connectivity index (χ1v) is 31.7. The molecule has 4 aliphatic heterocycles. The van der Waals surface area contributed by atoms with Gasteiger partial charge in [-0.05, 0) is 79.4 Å². The van der Waals surface area contributed by atoms with Gasteiger partial charge in [-0.3, -0.25) is 38.6 Å². The second-order valence-corrected chi connectivity index (χ2v) is 24.9. The van der Waals surface area contributed by atoms with Crippen molar-refractivity contribution in [2.24, 2.45) is 5.92 Å². The number of ether oxygens (including phenoxy) is 1. The van der Waals surface area contributed by atoms with Crippen LogP contribution in [0, 0.1) is 12.5 Å². The number of nitrogens with one attached hydrogen (secondary N) is 5. The first-order valence-electron chi connectivity index (χ1n) is 30.2. The molecule has 9 rings (SSSR count). The average molecular weight is 1360 g/mol. The number of anilines is 1. The van der Waals surface area contributed by atoms with Crippen LogP contribution >= 0.6 is 23.7 Å². The largest absolute Gasteiger partial charge is 1.00 e. The Balaban J connectivity index is 0.0000116. The second-order valence-electron chi connectivity index (χ2n) is 23.4. The number of phenols is 1. The van der Waals surface area contributed by atoms with Crippen molar-refractivity contribution in [1.29, 1.82) is 0 Å². The molecule has 5 aromatic rings. The first kappa shape index (κ1) is 73.4. The van der Waals surface area contributed by atoms with Gasteiger partial charge in [0.25, 0.3) is 18.2 Å². The Morgan fingerprint density at radius 1 is 0.779 bits per heavy atom. The normalized spacial score (nSPS) is 25.2. The number of amides is 7. The number of aliphatic hydroxyl groups is 6. The van der Waals surface area contributed by atoms with E-state index in [-0.39, 0.29) is 71.4 Å². The molecular formula is C62H72N11NaO19S2. The Kier molecular flexibility index (Phi) is 26.3. The summed E-state index contributed by atoms with van der Waals surface area (Å²) in [5, 5.41) is 114. The molecule has 33 heteroatoms. The number of hydrogen-bond acceptors (Lipinski definition) is 24. The summed E-state index contributed by atoms with van der Waals surface area (Å²) in [6.07, 6.45) is -10.4. The Hall–Kier alpha value is -7.43. The number of aromatic hydroxyl groups is 1. The van der Waals surface area contributed by atoms with Crippen LogP contribution in [-0.2, 0) is 55.9 Å². The summed E-state index contributed by atoms with van der Waals surface area (Å²) in [6.45, 7) is 9.88. The minimum Gasteiger partial charge on any atom is -0.691 e. The number of aromatic nitrogens is 2. The standard InChI is InChI=1S/C62H73N11O19S2.Na/c1-32-29-73-52(53(32)80)58(85)64-27-40(75)25-43(65-54(81)36-10-12-37(13-11-36)59-69-70-60(93-59)38-14-16-39(17-15-38)71-21-19-42(20-22-71)89-31-34-7-5-4-6-8-34)55(82)66-49(33(2)74)61(86)72-30-41(76)26-44(72)56(83)67-50(57(84)68-51(62(73)87)47(79)28-63-3)46(78)23-35-9-18-45(77)48(24-35)90-94-92-91-88;/h4-18,24,32-33,40-44,46-47,49-53,74-80,88H,19-23,25-31H2,1-2H3,(H,64,85)(H,65,81)(H,66,82)(H,67,83)(H,68,84);/q;+1/p-1/t32?,33?,40-,41?,43-,44?,46+,47+,49?,50?,51-,52?,53-;/m0./s1. The van der Waals surface area contributed by atoms with Crippen LogP contribution in [0.3, 0.4) is 0 Å². The Morgan fingerprint density at radius 2 is 1.42 bits per heavy atom. The number of fused-ring (bicyclic) bond motifs is 2. The molecule has 13 atom stereocenters. The minimum absolute atomic E-state index is 0. The van der Waals surface area contributed by atoms with Crippen LogP contribution in [0.5, 0.6) is 11.5 Å². The number of benzene rings is 4. The number of β-amino-alcohol motifs (C(OH)–C–C–N with tert-alkyl or cyclic N) is 1. The molecule has 5 heterocycles. The van der Waals surface area contributed by atoms with E-state index in [0.717, 1.165) is 71.6 Å². The van der Waals surface area contributed by atoms with Gasteiger partial charge in [0.1, 0.15) is 46.3 Å². The van der Waals surface area contributed by atoms with Crippen LogP contribution < -0.4 is 70.5 Å². The molecule has 0 spiro atoms. The maximum atomic E-state index is 14.7. The van der Waals surface area contributed by atoms with Crippen LogP contribution in [0.25, 0.3) is 26.0 Å². The fraction of sp³-hybridized carbons (Fsp3) is 0.452. The van der Waals surface area contributed by atoms with Crippen molar-refractivity contribution < 1.29 is 122 Å². The van der Waals surface area contributed by atoms with E-state index >= 15 is 0 Å². The summed E-state index contributed by atoms with van der Waals surface area (Å²) in [4.78, 5) is 108. The van der Waals surface area contributed by atoms with Crippen LogP contribution in [0.4, 0.5) is 5.69 Å². The molecule has 30 nitrogen and oxygen atoms in total. The molecular weight excluding hydrogens is 1290 g/mol. The third-order valence-electron chi connectivity index (χ3n) is 16.7. The van der Waals surface area contributed by atoms with E-state index in [1.54, 1.807) is 12.1 Å². The van der Waals surface area contributed by atoms with Crippen molar-refractivity contribution in [2.45, 2.75) is 132 Å². The summed E-state index contributed by atoms with van der Waals surface area (Å²) in [6, 6.07) is 16.3. The smallest absolute Gasteiger partial charge is 0.691 e. The molecule has 95 heavy (non-hydrogen) atoms. The Labute approximate surface area is 575 Å². The van der Waals surface area contributed by atoms with Gasteiger partial charge >= 0.3 is 29.6 Å². The molecule has 0 aliphatic carbocycles. The van der Waals surface area contributed by atoms with Crippen molar-refractivity contribution in [2.75, 3.05) is 44.2 Å². The third-order valence-corrected chi connectivity index (χ3v) is 18.1. The molecule has 12 N–H and O–H groups in total. The quantitative estimate of drug-likeness (QED) is 0.00988. The summed E-state index contributed by atoms with van der Waals surface area (Å²) in [7, 11) is 0. The molecule has 7 amide bonds. The molecule has 1 aromatic heterocycles. The monoisotopic (exact) mass is 1360 g/mol. The van der Waals surface area contributed by atoms with Gasteiger partial charge in [-0.1, -0.05) is 66.8 Å². The zero-order chi connectivity index (χ0) is 67.3. The van der Waals surface area contributed by atoms with Crippen molar-refractivity contribution in [3.8, 4) is 32.6 Å². The topological polar surface area (TPSA) is 421 Å². The zero-order valence-electron chi connectivity index (χ0n) is 51.8. The van der Waals surface area contributed by atoms with E-state index in [2.05, 4.69) is 68.0 Å². The van der Waals surface area contributed by atoms with Gasteiger partial charge in [-0.15, -0.1) is 14.5 Å². The Bertz CT molecular complexity index is 3520. The molecule has 7 unspecified atom stereocenters. The molecule has 4 fully saturated rings. The van der Waals surface area contributed by atoms with Gasteiger partial charge in [-0.2, -0.15) is 0 Å². The summed E-state index contributed by atoms with van der Waals surface area (Å²) < 4.78 is 15.4. The van der Waals surface area contributed by atoms with Gasteiger partial charge in [-0.25, -0.2) is 6.57 Å². The predicted octanol–water partition coefficient (Wildman–Crippen LogP) is -4.20. The molecule has 4 aromatic carbocycles. The number of rotatable bonds is 18. The van der Waals surface area contributed by atoms with E-state index in [4.69, 9.17) is 15.5 Å². The molecule has 502 valence electrons. The molecule has 0 saturated carbocycles. The number of carbonyl (C=O) groups excluding carboxylic acids is 7. The molecule has 4 saturated heterocycles. The molecule has 0 bridgehead atoms. The van der Waals surface area contributed by atoms with Gasteiger partial charge < -0.3 is 96.1 Å². The van der Waals surface area contributed by atoms with Crippen LogP contribution in [0.15, 0.2) is 97.1 Å². The fourth-order valence-corrected chi connectivity index (χ4v) is 12.7. The predicted molar refractivity (Wildman–Crippen MR) is 332 cm³/mol. The summed E-state index contributed by atoms with van der Waals surface area (Å²) in [5.74, 6) is -9.72. The maximum Gasteiger partial charge on any atom is 1.00 e. The third kappa shape index (κ3) is 18.6. The number of aliphatic hydroxyl groups excluding tert-OH is 6. The summed E-state index contributed by atoms with van der Waals surface area (Å²) in [5.41, 5.74) is 3.75. The van der Waals surface area contributed by atoms with Crippen molar-refractivity contribution >= 4 is 70.7 Å². The zero-order valence-corrected chi connectivity index (χ0v) is 55.5. The maximum absolute atomic E-state index is 14.7. The number of nitrogens with zero attached hydrogens (tertiary/aromatic N) is 6. The van der Waals surface area contributed by atoms with E-state index < -0.39 is 165 Å². The number of carbonyl (C=O) groups is 7. The van der Waals surface area contributed by atoms with Gasteiger partial charge in [0.15, 0.2) is 17.6 Å².